The van der Waals surface area contributed by atoms with Crippen LogP contribution in [0.15, 0.2) is 51.7 Å². The fourth-order valence-electron chi connectivity index (χ4n) is 5.28. The van der Waals surface area contributed by atoms with Gasteiger partial charge in [0.15, 0.2) is 0 Å². The maximum Gasteiger partial charge on any atom is 0.416 e. The second kappa shape index (κ2) is 14.6. The molecule has 2 N–H and O–H groups in total. The van der Waals surface area contributed by atoms with E-state index >= 15 is 0 Å². The highest BCUT2D eigenvalue weighted by Crippen LogP contribution is 2.40. The Morgan fingerprint density at radius 3 is 1.93 bits per heavy atom. The third kappa shape index (κ3) is 9.01. The number of benzene rings is 2. The molecule has 1 heterocycles. The van der Waals surface area contributed by atoms with E-state index in [1.54, 1.807) is 0 Å². The Kier molecular flexibility index (Phi) is 11.5. The average molecular weight is 671 g/mol. The van der Waals surface area contributed by atoms with Crippen LogP contribution < -0.4 is 5.84 Å². The Morgan fingerprint density at radius 2 is 1.48 bits per heavy atom. The highest BCUT2D eigenvalue weighted by molar-refractivity contribution is 5.80. The van der Waals surface area contributed by atoms with Gasteiger partial charge in [0.2, 0.25) is 0 Å². The van der Waals surface area contributed by atoms with Gasteiger partial charge < -0.3 is 25.1 Å². The zero-order valence-electron chi connectivity index (χ0n) is 24.8. The van der Waals surface area contributed by atoms with Gasteiger partial charge in [-0.3, -0.25) is 0 Å². The van der Waals surface area contributed by atoms with Crippen molar-refractivity contribution in [3.63, 3.8) is 0 Å². The lowest BCUT2D eigenvalue weighted by molar-refractivity contribution is -0.143. The molecule has 1 fully saturated rings. The van der Waals surface area contributed by atoms with Crippen LogP contribution in [0.5, 0.6) is 0 Å². The number of azo groups is 1. The van der Waals surface area contributed by atoms with E-state index in [1.165, 1.54) is 32.2 Å². The summed E-state index contributed by atoms with van der Waals surface area (Å²) in [5.74, 6) is 4.68. The van der Waals surface area contributed by atoms with E-state index in [0.717, 1.165) is 17.0 Å². The number of hydrogen-bond donors (Lipinski definition) is 1. The number of guanidine groups is 1. The van der Waals surface area contributed by atoms with Crippen molar-refractivity contribution in [1.29, 1.82) is 0 Å². The van der Waals surface area contributed by atoms with E-state index in [1.807, 2.05) is 0 Å². The largest absolute Gasteiger partial charge is 0.453 e. The number of methoxy groups -OCH3 is 2. The van der Waals surface area contributed by atoms with E-state index in [0.29, 0.717) is 25.0 Å². The van der Waals surface area contributed by atoms with Gasteiger partial charge in [-0.2, -0.15) is 44.6 Å². The van der Waals surface area contributed by atoms with Crippen molar-refractivity contribution in [2.75, 3.05) is 34.4 Å². The number of nitrogens with two attached hydrogens (primary N) is 1. The molecule has 3 rings (SSSR count). The number of nitrogens with zero attached hydrogens (tertiary/aromatic N) is 5. The van der Waals surface area contributed by atoms with Gasteiger partial charge in [0, 0.05) is 40.3 Å². The summed E-state index contributed by atoms with van der Waals surface area (Å²) in [7, 11) is 3.76. The number of carbonyl (C=O) groups is 1. The van der Waals surface area contributed by atoms with Crippen molar-refractivity contribution < 1.29 is 53.8 Å². The molecule has 254 valence electrons. The van der Waals surface area contributed by atoms with Crippen LogP contribution in [0.1, 0.15) is 52.3 Å². The average Bonchev–Trinajstić information content (AvgIpc) is 2.99. The molecular weight excluding hydrogens is 639 g/mol. The molecular formula is C28H31F9N6O3. The number of alkyl halides is 9. The summed E-state index contributed by atoms with van der Waals surface area (Å²) in [5, 5.41) is 10.7. The first-order valence-corrected chi connectivity index (χ1v) is 13.6. The van der Waals surface area contributed by atoms with Crippen molar-refractivity contribution in [2.45, 2.75) is 50.6 Å². The molecule has 0 bridgehead atoms. The molecule has 0 saturated carbocycles. The quantitative estimate of drug-likeness (QED) is 0.0837. The Hall–Kier alpha value is -4.09. The number of ether oxygens (including phenoxy) is 2. The predicted octanol–water partition coefficient (Wildman–Crippen LogP) is 7.22. The first-order chi connectivity index (χ1) is 21.4. The van der Waals surface area contributed by atoms with Crippen molar-refractivity contribution in [1.82, 2.24) is 9.80 Å². The normalized spacial score (nSPS) is 16.2. The number of hydrogen-bond acceptors (Lipinski definition) is 6. The van der Waals surface area contributed by atoms with E-state index in [2.05, 4.69) is 15.3 Å². The number of rotatable bonds is 7. The standard InChI is InChI=1S/C28H31F9N6O3/c1-39-41-24(40-38)43(14-16-10-20(27(32,33)34)13-21(11-16)28(35,36)37)15-18-12-19(26(29,30)31)4-5-22(18)23(45-2)17-6-8-42(9-7-17)25(44)46-3/h4-5,10-13,17,23H,6-9,14-15,38H2,1-3H3. The summed E-state index contributed by atoms with van der Waals surface area (Å²) in [6.07, 6.45) is -15.7. The zero-order chi connectivity index (χ0) is 34.4. The molecule has 1 aliphatic heterocycles. The molecule has 1 aliphatic rings. The van der Waals surface area contributed by atoms with E-state index in [9.17, 15) is 44.3 Å². The molecule has 18 heteroatoms. The third-order valence-electron chi connectivity index (χ3n) is 7.40. The SMILES string of the molecule is CN=NC(=NN)N(Cc1cc(C(F)(F)F)cc(C(F)(F)F)c1)Cc1cc(C(F)(F)F)ccc1C(OC)C1CCN(C(=O)OC)CC1. The van der Waals surface area contributed by atoms with Crippen LogP contribution in [-0.4, -0.2) is 56.2 Å². The van der Waals surface area contributed by atoms with Crippen molar-refractivity contribution >= 4 is 12.1 Å². The Balaban J connectivity index is 2.12. The van der Waals surface area contributed by atoms with Gasteiger partial charge in [0.05, 0.1) is 29.9 Å². The number of likely N-dealkylation sites (tertiary alicyclic amines) is 1. The second-order valence-electron chi connectivity index (χ2n) is 10.4. The molecule has 2 aromatic carbocycles. The van der Waals surface area contributed by atoms with E-state index in [-0.39, 0.29) is 36.2 Å². The van der Waals surface area contributed by atoms with Crippen LogP contribution in [0.2, 0.25) is 0 Å². The minimum absolute atomic E-state index is 0.0347. The summed E-state index contributed by atoms with van der Waals surface area (Å²) in [6.45, 7) is -0.728. The van der Waals surface area contributed by atoms with Crippen LogP contribution in [0.4, 0.5) is 44.3 Å². The molecule has 0 aromatic heterocycles. The molecule has 0 aliphatic carbocycles. The van der Waals surface area contributed by atoms with Gasteiger partial charge >= 0.3 is 24.6 Å². The number of carbonyl (C=O) groups excluding carboxylic acids is 1. The van der Waals surface area contributed by atoms with Crippen LogP contribution in [0.25, 0.3) is 0 Å². The minimum atomic E-state index is -5.14. The van der Waals surface area contributed by atoms with Gasteiger partial charge in [0.25, 0.3) is 5.96 Å². The summed E-state index contributed by atoms with van der Waals surface area (Å²) in [5.41, 5.74) is -4.50. The molecule has 1 amide bonds. The molecule has 0 radical (unpaired) electrons. The number of hydrazone groups is 1. The fraction of sp³-hybridized carbons (Fsp3) is 0.500. The topological polar surface area (TPSA) is 105 Å². The predicted molar refractivity (Wildman–Crippen MR) is 146 cm³/mol. The summed E-state index contributed by atoms with van der Waals surface area (Å²) in [4.78, 5) is 14.4. The Bertz CT molecular complexity index is 1390. The van der Waals surface area contributed by atoms with Crippen LogP contribution >= 0.6 is 0 Å². The van der Waals surface area contributed by atoms with Crippen molar-refractivity contribution in [3.05, 3.63) is 69.8 Å². The third-order valence-corrected chi connectivity index (χ3v) is 7.40. The molecule has 9 nitrogen and oxygen atoms in total. The first-order valence-electron chi connectivity index (χ1n) is 13.6. The van der Waals surface area contributed by atoms with Crippen LogP contribution in [0, 0.1) is 5.92 Å². The monoisotopic (exact) mass is 670 g/mol. The molecule has 46 heavy (non-hydrogen) atoms. The number of halogens is 9. The van der Waals surface area contributed by atoms with Gasteiger partial charge in [0.1, 0.15) is 0 Å². The Labute approximate surface area is 257 Å². The van der Waals surface area contributed by atoms with Crippen LogP contribution in [0.3, 0.4) is 0 Å². The summed E-state index contributed by atoms with van der Waals surface area (Å²) in [6, 6.07) is 3.77. The van der Waals surface area contributed by atoms with Gasteiger partial charge in [-0.1, -0.05) is 6.07 Å². The van der Waals surface area contributed by atoms with Gasteiger partial charge in [-0.15, -0.1) is 10.2 Å². The fourth-order valence-corrected chi connectivity index (χ4v) is 5.28. The highest BCUT2D eigenvalue weighted by atomic mass is 19.4. The smallest absolute Gasteiger partial charge is 0.416 e. The number of piperidine rings is 1. The Morgan fingerprint density at radius 1 is 0.913 bits per heavy atom. The minimum Gasteiger partial charge on any atom is -0.453 e. The molecule has 0 spiro atoms. The van der Waals surface area contributed by atoms with Crippen molar-refractivity contribution in [3.8, 4) is 0 Å². The zero-order valence-corrected chi connectivity index (χ0v) is 24.8. The van der Waals surface area contributed by atoms with Crippen LogP contribution in [-0.2, 0) is 41.1 Å². The summed E-state index contributed by atoms with van der Waals surface area (Å²) >= 11 is 0. The second-order valence-corrected chi connectivity index (χ2v) is 10.4. The lowest BCUT2D eigenvalue weighted by atomic mass is 9.85. The number of amides is 1. The molecule has 1 unspecified atom stereocenters. The lowest BCUT2D eigenvalue weighted by Crippen LogP contribution is -2.40. The highest BCUT2D eigenvalue weighted by Gasteiger charge is 2.38. The maximum atomic E-state index is 13.8. The van der Waals surface area contributed by atoms with Gasteiger partial charge in [-0.25, -0.2) is 4.79 Å². The molecule has 1 saturated heterocycles. The molecule has 1 atom stereocenters. The van der Waals surface area contributed by atoms with E-state index < -0.39 is 72.0 Å². The van der Waals surface area contributed by atoms with Gasteiger partial charge in [-0.05, 0) is 65.8 Å². The summed E-state index contributed by atoms with van der Waals surface area (Å²) < 4.78 is 133. The lowest BCUT2D eigenvalue weighted by Gasteiger charge is -2.36. The van der Waals surface area contributed by atoms with E-state index in [4.69, 9.17) is 15.3 Å². The first kappa shape index (κ1) is 36.4. The van der Waals surface area contributed by atoms with Crippen molar-refractivity contribution in [2.24, 2.45) is 27.1 Å². The molecule has 2 aromatic rings. The maximum absolute atomic E-state index is 13.8.